The van der Waals surface area contributed by atoms with Gasteiger partial charge in [0.05, 0.1) is 12.0 Å². The normalized spacial score (nSPS) is 22.7. The van der Waals surface area contributed by atoms with Gasteiger partial charge in [-0.25, -0.2) is 4.79 Å². The summed E-state index contributed by atoms with van der Waals surface area (Å²) in [5.74, 6) is -0.288. The summed E-state index contributed by atoms with van der Waals surface area (Å²) in [5.41, 5.74) is 1.23. The number of rotatable bonds is 1. The van der Waals surface area contributed by atoms with Crippen molar-refractivity contribution in [2.75, 3.05) is 6.54 Å². The van der Waals surface area contributed by atoms with Gasteiger partial charge < -0.3 is 15.1 Å². The van der Waals surface area contributed by atoms with Crippen molar-refractivity contribution < 1.29 is 19.8 Å². The van der Waals surface area contributed by atoms with E-state index in [1.54, 1.807) is 18.2 Å². The summed E-state index contributed by atoms with van der Waals surface area (Å²) in [4.78, 5) is 25.6. The van der Waals surface area contributed by atoms with Gasteiger partial charge in [-0.15, -0.1) is 0 Å². The summed E-state index contributed by atoms with van der Waals surface area (Å²) in [7, 11) is 0. The van der Waals surface area contributed by atoms with Gasteiger partial charge in [-0.2, -0.15) is 0 Å². The summed E-state index contributed by atoms with van der Waals surface area (Å²) < 4.78 is 0. The van der Waals surface area contributed by atoms with Crippen LogP contribution < -0.4 is 0 Å². The van der Waals surface area contributed by atoms with Crippen LogP contribution in [0.4, 0.5) is 4.79 Å². The molecule has 2 N–H and O–H groups in total. The first-order valence-electron chi connectivity index (χ1n) is 7.44. The number of phenols is 1. The van der Waals surface area contributed by atoms with E-state index in [1.165, 1.54) is 4.90 Å². The molecule has 1 aromatic carbocycles. The van der Waals surface area contributed by atoms with Crippen molar-refractivity contribution in [3.8, 4) is 5.75 Å². The first-order valence-corrected chi connectivity index (χ1v) is 7.44. The Morgan fingerprint density at radius 1 is 1.32 bits per heavy atom. The maximum Gasteiger partial charge on any atom is 0.407 e. The third kappa shape index (κ3) is 2.93. The fraction of sp³-hybridized carbons (Fsp3) is 0.529. The molecule has 1 aliphatic rings. The molecule has 1 aromatic rings. The molecule has 5 nitrogen and oxygen atoms in total. The van der Waals surface area contributed by atoms with Crippen LogP contribution in [-0.2, 0) is 4.79 Å². The van der Waals surface area contributed by atoms with Gasteiger partial charge in [-0.05, 0) is 35.6 Å². The molecule has 2 atom stereocenters. The van der Waals surface area contributed by atoms with E-state index in [9.17, 15) is 19.8 Å². The van der Waals surface area contributed by atoms with Gasteiger partial charge in [-0.3, -0.25) is 4.79 Å². The number of Topliss-reactive ketones (excluding diaryl/α,β-unsaturated/α-hetero) is 1. The van der Waals surface area contributed by atoms with Crippen LogP contribution in [0.5, 0.6) is 5.75 Å². The zero-order valence-corrected chi connectivity index (χ0v) is 13.5. The Hall–Kier alpha value is -2.04. The van der Waals surface area contributed by atoms with Crippen LogP contribution in [0.1, 0.15) is 44.2 Å². The van der Waals surface area contributed by atoms with Crippen LogP contribution in [0, 0.1) is 12.3 Å². The lowest BCUT2D eigenvalue weighted by atomic mass is 9.70. The number of carbonyl (C=O) groups excluding carboxylic acids is 1. The molecule has 0 aromatic heterocycles. The topological polar surface area (TPSA) is 77.8 Å². The van der Waals surface area contributed by atoms with Crippen molar-refractivity contribution in [3.05, 3.63) is 29.3 Å². The number of carboxylic acid groups (broad SMARTS) is 1. The number of carbonyl (C=O) groups is 2. The summed E-state index contributed by atoms with van der Waals surface area (Å²) >= 11 is 0. The summed E-state index contributed by atoms with van der Waals surface area (Å²) in [6, 6.07) is 4.48. The van der Waals surface area contributed by atoms with Gasteiger partial charge in [0.15, 0.2) is 0 Å². The van der Waals surface area contributed by atoms with E-state index in [-0.39, 0.29) is 29.9 Å². The van der Waals surface area contributed by atoms with Gasteiger partial charge in [0.1, 0.15) is 11.5 Å². The van der Waals surface area contributed by atoms with E-state index >= 15 is 0 Å². The number of ketones is 1. The van der Waals surface area contributed by atoms with Crippen molar-refractivity contribution in [2.24, 2.45) is 5.41 Å². The van der Waals surface area contributed by atoms with Gasteiger partial charge in [0.2, 0.25) is 0 Å². The lowest BCUT2D eigenvalue weighted by Gasteiger charge is -2.46. The highest BCUT2D eigenvalue weighted by atomic mass is 16.4. The minimum Gasteiger partial charge on any atom is -0.508 e. The molecule has 22 heavy (non-hydrogen) atoms. The van der Waals surface area contributed by atoms with Crippen LogP contribution >= 0.6 is 0 Å². The maximum absolute atomic E-state index is 12.6. The Labute approximate surface area is 130 Å². The Balaban J connectivity index is 2.56. The van der Waals surface area contributed by atoms with E-state index in [0.29, 0.717) is 0 Å². The van der Waals surface area contributed by atoms with Crippen molar-refractivity contribution >= 4 is 11.9 Å². The molecule has 1 saturated heterocycles. The van der Waals surface area contributed by atoms with Crippen molar-refractivity contribution in [1.82, 2.24) is 4.90 Å². The predicted octanol–water partition coefficient (Wildman–Crippen LogP) is 3.15. The van der Waals surface area contributed by atoms with Gasteiger partial charge >= 0.3 is 6.09 Å². The lowest BCUT2D eigenvalue weighted by Crippen LogP contribution is -2.56. The zero-order valence-electron chi connectivity index (χ0n) is 13.5. The smallest absolute Gasteiger partial charge is 0.407 e. The average Bonchev–Trinajstić information content (AvgIpc) is 2.37. The van der Waals surface area contributed by atoms with E-state index in [0.717, 1.165) is 11.1 Å². The van der Waals surface area contributed by atoms with E-state index in [2.05, 4.69) is 0 Å². The second-order valence-electron chi connectivity index (χ2n) is 7.02. The minimum absolute atomic E-state index is 0.0613. The van der Waals surface area contributed by atoms with Gasteiger partial charge in [0.25, 0.3) is 0 Å². The number of hydrogen-bond donors (Lipinski definition) is 2. The number of aromatic hydroxyl groups is 1. The molecule has 1 heterocycles. The van der Waals surface area contributed by atoms with Crippen molar-refractivity contribution in [2.45, 2.75) is 46.1 Å². The van der Waals surface area contributed by atoms with Gasteiger partial charge in [-0.1, -0.05) is 26.8 Å². The van der Waals surface area contributed by atoms with E-state index in [1.807, 2.05) is 27.7 Å². The molecular weight excluding hydrogens is 282 g/mol. The number of nitrogens with zero attached hydrogens (tertiary/aromatic N) is 1. The van der Waals surface area contributed by atoms with Crippen LogP contribution in [0.2, 0.25) is 0 Å². The highest BCUT2D eigenvalue weighted by molar-refractivity contribution is 5.89. The monoisotopic (exact) mass is 305 g/mol. The number of hydrogen-bond acceptors (Lipinski definition) is 3. The summed E-state index contributed by atoms with van der Waals surface area (Å²) in [6.45, 7) is 7.93. The van der Waals surface area contributed by atoms with E-state index < -0.39 is 18.1 Å². The molecule has 2 rings (SSSR count). The van der Waals surface area contributed by atoms with Crippen LogP contribution in [-0.4, -0.2) is 39.6 Å². The molecule has 120 valence electrons. The molecule has 0 bridgehead atoms. The number of aryl methyl sites for hydroxylation is 1. The molecule has 0 radical (unpaired) electrons. The van der Waals surface area contributed by atoms with Crippen molar-refractivity contribution in [1.29, 1.82) is 0 Å². The average molecular weight is 305 g/mol. The highest BCUT2D eigenvalue weighted by Crippen LogP contribution is 2.41. The molecule has 1 aliphatic heterocycles. The molecule has 0 spiro atoms. The van der Waals surface area contributed by atoms with Crippen LogP contribution in [0.25, 0.3) is 0 Å². The fourth-order valence-electron chi connectivity index (χ4n) is 3.42. The Kier molecular flexibility index (Phi) is 4.18. The molecule has 1 amide bonds. The van der Waals surface area contributed by atoms with Crippen molar-refractivity contribution in [3.63, 3.8) is 0 Å². The maximum atomic E-state index is 12.6. The third-order valence-corrected chi connectivity index (χ3v) is 4.32. The second kappa shape index (κ2) is 5.63. The van der Waals surface area contributed by atoms with Crippen LogP contribution in [0.3, 0.4) is 0 Å². The van der Waals surface area contributed by atoms with Crippen LogP contribution in [0.15, 0.2) is 18.2 Å². The fourth-order valence-corrected chi connectivity index (χ4v) is 3.42. The first-order chi connectivity index (χ1) is 10.1. The SMILES string of the molecule is Cc1cc(O)ccc1C1C(=O)CCN(C(=O)O)C1C(C)(C)C. The standard InChI is InChI=1S/C17H23NO4/c1-10-9-11(19)5-6-12(10)14-13(20)7-8-18(16(21)22)15(14)17(2,3)4/h5-6,9,14-15,19H,7-8H2,1-4H3,(H,21,22). The second-order valence-corrected chi connectivity index (χ2v) is 7.02. The highest BCUT2D eigenvalue weighted by Gasteiger charge is 2.46. The summed E-state index contributed by atoms with van der Waals surface area (Å²) in [6.07, 6.45) is -0.766. The number of benzene rings is 1. The Morgan fingerprint density at radius 2 is 1.95 bits per heavy atom. The number of likely N-dealkylation sites (tertiary alicyclic amines) is 1. The summed E-state index contributed by atoms with van der Waals surface area (Å²) in [5, 5.41) is 19.1. The molecule has 1 fully saturated rings. The number of phenolic OH excluding ortho intramolecular Hbond substituents is 1. The molecular formula is C17H23NO4. The molecule has 2 unspecified atom stereocenters. The number of amides is 1. The first kappa shape index (κ1) is 16.3. The predicted molar refractivity (Wildman–Crippen MR) is 83.2 cm³/mol. The Morgan fingerprint density at radius 3 is 2.45 bits per heavy atom. The number of piperidine rings is 1. The van der Waals surface area contributed by atoms with E-state index in [4.69, 9.17) is 0 Å². The third-order valence-electron chi connectivity index (χ3n) is 4.32. The molecule has 0 saturated carbocycles. The van der Waals surface area contributed by atoms with Gasteiger partial charge in [0, 0.05) is 13.0 Å². The largest absolute Gasteiger partial charge is 0.508 e. The zero-order chi connectivity index (χ0) is 16.7. The lowest BCUT2D eigenvalue weighted by molar-refractivity contribution is -0.126. The molecule has 5 heteroatoms. The quantitative estimate of drug-likeness (QED) is 0.835. The molecule has 0 aliphatic carbocycles. The minimum atomic E-state index is -0.992. The Bertz CT molecular complexity index is 603.